The molecule has 0 aliphatic carbocycles. The number of benzene rings is 2. The number of hydrogen-bond donors (Lipinski definition) is 1. The second-order valence-corrected chi connectivity index (χ2v) is 5.53. The summed E-state index contributed by atoms with van der Waals surface area (Å²) in [4.78, 5) is 24.5. The summed E-state index contributed by atoms with van der Waals surface area (Å²) < 4.78 is 12.9. The third-order valence-electron chi connectivity index (χ3n) is 3.49. The van der Waals surface area contributed by atoms with Gasteiger partial charge >= 0.3 is 0 Å². The highest BCUT2D eigenvalue weighted by Gasteiger charge is 2.34. The zero-order chi connectivity index (χ0) is 16.6. The second kappa shape index (κ2) is 5.85. The Balaban J connectivity index is 1.93. The third kappa shape index (κ3) is 2.96. The van der Waals surface area contributed by atoms with Crippen molar-refractivity contribution in [2.45, 2.75) is 6.92 Å². The van der Waals surface area contributed by atoms with E-state index in [1.165, 1.54) is 30.3 Å². The van der Waals surface area contributed by atoms with Gasteiger partial charge in [-0.2, -0.15) is 0 Å². The fourth-order valence-electron chi connectivity index (χ4n) is 2.19. The van der Waals surface area contributed by atoms with Crippen LogP contribution in [0, 0.1) is 12.7 Å². The number of nitrogens with zero attached hydrogens (tertiary/aromatic N) is 1. The van der Waals surface area contributed by atoms with Crippen LogP contribution >= 0.6 is 11.6 Å². The zero-order valence-electron chi connectivity index (χ0n) is 12.1. The molecule has 2 aromatic rings. The van der Waals surface area contributed by atoms with Crippen molar-refractivity contribution in [2.75, 3.05) is 5.01 Å². The summed E-state index contributed by atoms with van der Waals surface area (Å²) in [5, 5.41) is 1.64. The number of nitrogens with one attached hydrogen (secondary N) is 1. The van der Waals surface area contributed by atoms with E-state index in [0.29, 0.717) is 16.3 Å². The molecule has 1 fully saturated rings. The van der Waals surface area contributed by atoms with Gasteiger partial charge in [-0.3, -0.25) is 15.0 Å². The van der Waals surface area contributed by atoms with E-state index in [9.17, 15) is 14.0 Å². The smallest absolute Gasteiger partial charge is 0.267 e. The highest BCUT2D eigenvalue weighted by Crippen LogP contribution is 2.26. The quantitative estimate of drug-likeness (QED) is 0.679. The Morgan fingerprint density at radius 2 is 1.83 bits per heavy atom. The summed E-state index contributed by atoms with van der Waals surface area (Å²) in [6, 6.07) is 10.6. The summed E-state index contributed by atoms with van der Waals surface area (Å²) in [5.74, 6) is -1.39. The molecule has 0 spiro atoms. The molecule has 1 saturated heterocycles. The van der Waals surface area contributed by atoms with Gasteiger partial charge in [0, 0.05) is 5.02 Å². The number of carbonyl (C=O) groups excluding carboxylic acids is 2. The van der Waals surface area contributed by atoms with E-state index in [0.717, 1.165) is 10.6 Å². The average molecular weight is 331 g/mol. The first-order chi connectivity index (χ1) is 11.0. The van der Waals surface area contributed by atoms with Crippen molar-refractivity contribution in [3.8, 4) is 0 Å². The van der Waals surface area contributed by atoms with Crippen LogP contribution in [0.25, 0.3) is 6.08 Å². The third-order valence-corrected chi connectivity index (χ3v) is 3.89. The van der Waals surface area contributed by atoms with Crippen LogP contribution < -0.4 is 10.4 Å². The van der Waals surface area contributed by atoms with Gasteiger partial charge in [0.05, 0.1) is 5.69 Å². The molecule has 2 aromatic carbocycles. The molecule has 1 aliphatic rings. The summed E-state index contributed by atoms with van der Waals surface area (Å²) in [7, 11) is 0. The number of carbonyl (C=O) groups is 2. The van der Waals surface area contributed by atoms with E-state index in [1.54, 1.807) is 18.2 Å². The molecule has 1 heterocycles. The number of hydrazine groups is 1. The summed E-state index contributed by atoms with van der Waals surface area (Å²) in [6.45, 7) is 1.84. The summed E-state index contributed by atoms with van der Waals surface area (Å²) in [5.41, 5.74) is 4.38. The number of hydrogen-bond acceptors (Lipinski definition) is 2. The van der Waals surface area contributed by atoms with Crippen molar-refractivity contribution < 1.29 is 14.0 Å². The number of halogens is 2. The normalized spacial score (nSPS) is 16.1. The second-order valence-electron chi connectivity index (χ2n) is 5.12. The van der Waals surface area contributed by atoms with Gasteiger partial charge in [-0.25, -0.2) is 9.40 Å². The highest BCUT2D eigenvalue weighted by molar-refractivity contribution is 6.33. The molecule has 0 atom stereocenters. The lowest BCUT2D eigenvalue weighted by atomic mass is 10.1. The molecule has 0 unspecified atom stereocenters. The predicted molar refractivity (Wildman–Crippen MR) is 86.2 cm³/mol. The van der Waals surface area contributed by atoms with Crippen molar-refractivity contribution in [1.29, 1.82) is 0 Å². The molecule has 3 rings (SSSR count). The highest BCUT2D eigenvalue weighted by atomic mass is 35.5. The molecule has 0 aromatic heterocycles. The van der Waals surface area contributed by atoms with E-state index in [2.05, 4.69) is 5.43 Å². The van der Waals surface area contributed by atoms with Crippen LogP contribution in [0.15, 0.2) is 48.0 Å². The van der Waals surface area contributed by atoms with Crippen LogP contribution in [-0.2, 0) is 9.59 Å². The first-order valence-electron chi connectivity index (χ1n) is 6.84. The Bertz CT molecular complexity index is 831. The van der Waals surface area contributed by atoms with Gasteiger partial charge in [0.15, 0.2) is 0 Å². The lowest BCUT2D eigenvalue weighted by Gasteiger charge is -2.15. The predicted octanol–water partition coefficient (Wildman–Crippen LogP) is 3.25. The molecular weight excluding hydrogens is 319 g/mol. The molecular formula is C17H12ClFN2O2. The Hall–Kier alpha value is -2.66. The number of rotatable bonds is 2. The van der Waals surface area contributed by atoms with Crippen LogP contribution in [0.1, 0.15) is 11.1 Å². The van der Waals surface area contributed by atoms with Crippen LogP contribution in [0.4, 0.5) is 10.1 Å². The van der Waals surface area contributed by atoms with Crippen LogP contribution in [0.3, 0.4) is 0 Å². The molecule has 2 amide bonds. The summed E-state index contributed by atoms with van der Waals surface area (Å²) in [6.07, 6.45) is 1.42. The minimum Gasteiger partial charge on any atom is -0.267 e. The lowest BCUT2D eigenvalue weighted by molar-refractivity contribution is -0.117. The average Bonchev–Trinajstić information content (AvgIpc) is 2.80. The van der Waals surface area contributed by atoms with Gasteiger partial charge in [0.2, 0.25) is 0 Å². The molecule has 116 valence electrons. The molecule has 1 N–H and O–H groups in total. The van der Waals surface area contributed by atoms with Gasteiger partial charge < -0.3 is 0 Å². The first kappa shape index (κ1) is 15.2. The van der Waals surface area contributed by atoms with Crippen molar-refractivity contribution in [3.63, 3.8) is 0 Å². The fraction of sp³-hybridized carbons (Fsp3) is 0.0588. The first-order valence-corrected chi connectivity index (χ1v) is 7.22. The monoisotopic (exact) mass is 330 g/mol. The molecule has 4 nitrogen and oxygen atoms in total. The van der Waals surface area contributed by atoms with Gasteiger partial charge in [-0.15, -0.1) is 0 Å². The minimum atomic E-state index is -0.518. The minimum absolute atomic E-state index is 0.0201. The van der Waals surface area contributed by atoms with Gasteiger partial charge in [0.1, 0.15) is 11.4 Å². The standard InChI is InChI=1S/C17H12ClFN2O2/c1-10-2-7-13(9-15(10)18)21-17(23)14(16(22)20-21)8-11-3-5-12(19)6-4-11/h2-9H,1H3,(H,20,22). The Morgan fingerprint density at radius 1 is 1.13 bits per heavy atom. The lowest BCUT2D eigenvalue weighted by Crippen LogP contribution is -2.35. The van der Waals surface area contributed by atoms with E-state index in [1.807, 2.05) is 6.92 Å². The van der Waals surface area contributed by atoms with E-state index < -0.39 is 11.8 Å². The molecule has 1 aliphatic heterocycles. The number of aryl methyl sites for hydroxylation is 1. The van der Waals surface area contributed by atoms with E-state index in [-0.39, 0.29) is 11.4 Å². The topological polar surface area (TPSA) is 49.4 Å². The van der Waals surface area contributed by atoms with E-state index in [4.69, 9.17) is 11.6 Å². The molecule has 6 heteroatoms. The number of anilines is 1. The van der Waals surface area contributed by atoms with Crippen molar-refractivity contribution in [3.05, 3.63) is 70.0 Å². The molecule has 0 radical (unpaired) electrons. The molecule has 0 bridgehead atoms. The maximum absolute atomic E-state index is 12.9. The maximum Gasteiger partial charge on any atom is 0.282 e. The van der Waals surface area contributed by atoms with Crippen LogP contribution in [0.2, 0.25) is 5.02 Å². The van der Waals surface area contributed by atoms with Crippen LogP contribution in [0.5, 0.6) is 0 Å². The number of amides is 2. The SMILES string of the molecule is Cc1ccc(N2NC(=O)C(=Cc3ccc(F)cc3)C2=O)cc1Cl. The van der Waals surface area contributed by atoms with Crippen molar-refractivity contribution in [2.24, 2.45) is 0 Å². The largest absolute Gasteiger partial charge is 0.282 e. The van der Waals surface area contributed by atoms with Gasteiger partial charge in [-0.1, -0.05) is 29.8 Å². The van der Waals surface area contributed by atoms with Crippen molar-refractivity contribution in [1.82, 2.24) is 5.43 Å². The van der Waals surface area contributed by atoms with Gasteiger partial charge in [0.25, 0.3) is 11.8 Å². The Kier molecular flexibility index (Phi) is 3.88. The van der Waals surface area contributed by atoms with Crippen molar-refractivity contribution >= 4 is 35.2 Å². The summed E-state index contributed by atoms with van der Waals surface area (Å²) >= 11 is 6.06. The Labute approximate surface area is 137 Å². The van der Waals surface area contributed by atoms with Gasteiger partial charge in [-0.05, 0) is 48.4 Å². The molecule has 0 saturated carbocycles. The molecule has 23 heavy (non-hydrogen) atoms. The van der Waals surface area contributed by atoms with Crippen LogP contribution in [-0.4, -0.2) is 11.8 Å². The zero-order valence-corrected chi connectivity index (χ0v) is 12.9. The maximum atomic E-state index is 12.9. The fourth-order valence-corrected chi connectivity index (χ4v) is 2.36. The Morgan fingerprint density at radius 3 is 2.48 bits per heavy atom. The van der Waals surface area contributed by atoms with E-state index >= 15 is 0 Å².